The van der Waals surface area contributed by atoms with Crippen LogP contribution in [0.5, 0.6) is 11.5 Å². The molecule has 2 aliphatic rings. The second-order valence-electron chi connectivity index (χ2n) is 8.31. The minimum absolute atomic E-state index is 0.0234. The molecule has 1 aliphatic heterocycles. The fourth-order valence-electron chi connectivity index (χ4n) is 4.91. The van der Waals surface area contributed by atoms with Crippen molar-refractivity contribution >= 4 is 33.4 Å². The number of ketones is 1. The number of benzene rings is 2. The number of phenols is 1. The Morgan fingerprint density at radius 1 is 1.15 bits per heavy atom. The van der Waals surface area contributed by atoms with Gasteiger partial charge in [-0.1, -0.05) is 30.3 Å². The molecule has 4 rings (SSSR count). The number of phenolic OH excluding ortho intramolecular Hbond substituents is 1. The lowest BCUT2D eigenvalue weighted by atomic mass is 9.66. The maximum atomic E-state index is 13.6. The number of hydrogen-bond acceptors (Lipinski definition) is 6. The summed E-state index contributed by atoms with van der Waals surface area (Å²) in [5, 5.41) is 10.4. The fourth-order valence-corrected chi connectivity index (χ4v) is 5.37. The first-order valence-corrected chi connectivity index (χ1v) is 11.7. The first-order chi connectivity index (χ1) is 15.8. The van der Waals surface area contributed by atoms with Crippen LogP contribution in [0.4, 0.5) is 0 Å². The number of rotatable bonds is 5. The number of Topliss-reactive ketones (excluding diaryl/α,β-unsaturated/α-hetero) is 1. The van der Waals surface area contributed by atoms with Gasteiger partial charge in [-0.3, -0.25) is 9.79 Å². The summed E-state index contributed by atoms with van der Waals surface area (Å²) >= 11 is 3.39. The average Bonchev–Trinajstić information content (AvgIpc) is 2.81. The van der Waals surface area contributed by atoms with Gasteiger partial charge in [-0.05, 0) is 65.4 Å². The van der Waals surface area contributed by atoms with E-state index in [9.17, 15) is 14.7 Å². The van der Waals surface area contributed by atoms with Crippen LogP contribution in [0.25, 0.3) is 0 Å². The SMILES string of the molecule is CCOc1cc([C@H]2C(C(=O)OC)=C(C)N=C3C[C@H](c4ccccc4)CC(=O)C32)cc(Br)c1O. The lowest BCUT2D eigenvalue weighted by molar-refractivity contribution is -0.136. The van der Waals surface area contributed by atoms with Gasteiger partial charge in [0.1, 0.15) is 5.78 Å². The van der Waals surface area contributed by atoms with Crippen molar-refractivity contribution in [1.82, 2.24) is 0 Å². The largest absolute Gasteiger partial charge is 0.503 e. The molecule has 2 aromatic carbocycles. The lowest BCUT2D eigenvalue weighted by Crippen LogP contribution is -2.41. The molecule has 0 spiro atoms. The predicted octanol–water partition coefficient (Wildman–Crippen LogP) is 5.30. The van der Waals surface area contributed by atoms with E-state index in [0.29, 0.717) is 46.5 Å². The Bertz CT molecular complexity index is 1150. The number of hydrogen-bond donors (Lipinski definition) is 1. The number of aromatic hydroxyl groups is 1. The molecule has 0 bridgehead atoms. The maximum Gasteiger partial charge on any atom is 0.336 e. The molecule has 0 amide bonds. The third-order valence-corrected chi connectivity index (χ3v) is 6.94. The van der Waals surface area contributed by atoms with Crippen molar-refractivity contribution in [2.75, 3.05) is 13.7 Å². The van der Waals surface area contributed by atoms with Gasteiger partial charge in [0.2, 0.25) is 0 Å². The van der Waals surface area contributed by atoms with Gasteiger partial charge in [0, 0.05) is 23.7 Å². The number of fused-ring (bicyclic) bond motifs is 1. The Balaban J connectivity index is 1.84. The lowest BCUT2D eigenvalue weighted by Gasteiger charge is -2.38. The molecule has 1 unspecified atom stereocenters. The standard InChI is InChI=1S/C26H26BrNO5/c1-4-33-21-13-17(10-18(27)25(21)30)23-22(26(31)32-3)14(2)28-19-11-16(12-20(29)24(19)23)15-8-6-5-7-9-15/h5-10,13,16,23-24,30H,4,11-12H2,1-3H3/t16-,23-,24?/m0/s1. The van der Waals surface area contributed by atoms with Crippen molar-refractivity contribution in [3.8, 4) is 11.5 Å². The minimum atomic E-state index is -0.578. The molecule has 0 radical (unpaired) electrons. The van der Waals surface area contributed by atoms with Crippen LogP contribution in [0.15, 0.2) is 63.2 Å². The van der Waals surface area contributed by atoms with Gasteiger partial charge in [0.15, 0.2) is 11.5 Å². The Hall–Kier alpha value is -2.93. The molecular weight excluding hydrogens is 486 g/mol. The van der Waals surface area contributed by atoms with Crippen LogP contribution < -0.4 is 4.74 Å². The molecule has 1 heterocycles. The van der Waals surface area contributed by atoms with E-state index >= 15 is 0 Å². The molecule has 1 N–H and O–H groups in total. The zero-order chi connectivity index (χ0) is 23.7. The van der Waals surface area contributed by atoms with Crippen LogP contribution in [0, 0.1) is 5.92 Å². The third kappa shape index (κ3) is 4.34. The highest BCUT2D eigenvalue weighted by Gasteiger charge is 2.46. The van der Waals surface area contributed by atoms with Gasteiger partial charge < -0.3 is 14.6 Å². The minimum Gasteiger partial charge on any atom is -0.503 e. The Morgan fingerprint density at radius 2 is 1.88 bits per heavy atom. The topological polar surface area (TPSA) is 85.2 Å². The molecular formula is C26H26BrNO5. The van der Waals surface area contributed by atoms with Crippen molar-refractivity contribution in [2.45, 2.75) is 38.5 Å². The van der Waals surface area contributed by atoms with Crippen molar-refractivity contribution in [3.05, 3.63) is 69.3 Å². The zero-order valence-corrected chi connectivity index (χ0v) is 20.4. The first-order valence-electron chi connectivity index (χ1n) is 10.9. The van der Waals surface area contributed by atoms with E-state index in [1.165, 1.54) is 7.11 Å². The molecule has 2 aromatic rings. The summed E-state index contributed by atoms with van der Waals surface area (Å²) in [7, 11) is 1.32. The van der Waals surface area contributed by atoms with Crippen molar-refractivity contribution in [1.29, 1.82) is 0 Å². The van der Waals surface area contributed by atoms with Gasteiger partial charge in [0.05, 0.1) is 29.7 Å². The Morgan fingerprint density at radius 3 is 2.55 bits per heavy atom. The van der Waals surface area contributed by atoms with Crippen molar-refractivity contribution < 1.29 is 24.2 Å². The second kappa shape index (κ2) is 9.51. The van der Waals surface area contributed by atoms with E-state index in [4.69, 9.17) is 14.5 Å². The van der Waals surface area contributed by atoms with E-state index in [1.807, 2.05) is 37.3 Å². The average molecular weight is 512 g/mol. The summed E-state index contributed by atoms with van der Waals surface area (Å²) in [6.45, 7) is 3.96. The fraction of sp³-hybridized carbons (Fsp3) is 0.346. The highest BCUT2D eigenvalue weighted by atomic mass is 79.9. The Labute approximate surface area is 201 Å². The summed E-state index contributed by atoms with van der Waals surface area (Å²) < 4.78 is 11.1. The molecule has 0 aromatic heterocycles. The van der Waals surface area contributed by atoms with Crippen LogP contribution in [0.1, 0.15) is 49.7 Å². The number of methoxy groups -OCH3 is 1. The van der Waals surface area contributed by atoms with Gasteiger partial charge >= 0.3 is 5.97 Å². The Kier molecular flexibility index (Phi) is 6.70. The van der Waals surface area contributed by atoms with Crippen molar-refractivity contribution in [3.63, 3.8) is 0 Å². The van der Waals surface area contributed by atoms with Crippen LogP contribution in [-0.2, 0) is 14.3 Å². The molecule has 6 nitrogen and oxygen atoms in total. The summed E-state index contributed by atoms with van der Waals surface area (Å²) in [6.07, 6.45) is 1.01. The predicted molar refractivity (Wildman–Crippen MR) is 129 cm³/mol. The number of allylic oxidation sites excluding steroid dienone is 1. The first kappa shape index (κ1) is 23.2. The number of carbonyl (C=O) groups is 2. The van der Waals surface area contributed by atoms with E-state index in [0.717, 1.165) is 11.3 Å². The summed E-state index contributed by atoms with van der Waals surface area (Å²) in [6, 6.07) is 13.4. The summed E-state index contributed by atoms with van der Waals surface area (Å²) in [5.41, 5.74) is 3.47. The van der Waals surface area contributed by atoms with Gasteiger partial charge in [-0.15, -0.1) is 0 Å². The molecule has 3 atom stereocenters. The van der Waals surface area contributed by atoms with Crippen LogP contribution in [0.3, 0.4) is 0 Å². The van der Waals surface area contributed by atoms with Gasteiger partial charge in [-0.2, -0.15) is 0 Å². The molecule has 33 heavy (non-hydrogen) atoms. The van der Waals surface area contributed by atoms with E-state index < -0.39 is 17.8 Å². The molecule has 7 heteroatoms. The van der Waals surface area contributed by atoms with Crippen LogP contribution in [-0.4, -0.2) is 36.3 Å². The smallest absolute Gasteiger partial charge is 0.336 e. The molecule has 172 valence electrons. The number of carbonyl (C=O) groups excluding carboxylic acids is 2. The van der Waals surface area contributed by atoms with Crippen LogP contribution in [0.2, 0.25) is 0 Å². The molecule has 1 saturated carbocycles. The number of aliphatic imine (C=N–C) groups is 1. The monoisotopic (exact) mass is 511 g/mol. The summed E-state index contributed by atoms with van der Waals surface area (Å²) in [4.78, 5) is 31.1. The van der Waals surface area contributed by atoms with E-state index in [-0.39, 0.29) is 17.5 Å². The molecule has 1 fully saturated rings. The number of halogens is 1. The normalized spacial score (nSPS) is 22.5. The maximum absolute atomic E-state index is 13.6. The highest BCUT2D eigenvalue weighted by Crippen LogP contribution is 2.48. The zero-order valence-electron chi connectivity index (χ0n) is 18.8. The quantitative estimate of drug-likeness (QED) is 0.550. The molecule has 0 saturated heterocycles. The molecule has 1 aliphatic carbocycles. The van der Waals surface area contributed by atoms with Crippen molar-refractivity contribution in [2.24, 2.45) is 10.9 Å². The van der Waals surface area contributed by atoms with Gasteiger partial charge in [0.25, 0.3) is 0 Å². The van der Waals surface area contributed by atoms with E-state index in [1.54, 1.807) is 19.1 Å². The van der Waals surface area contributed by atoms with Crippen LogP contribution >= 0.6 is 15.9 Å². The number of esters is 1. The number of ether oxygens (including phenoxy) is 2. The highest BCUT2D eigenvalue weighted by molar-refractivity contribution is 9.10. The summed E-state index contributed by atoms with van der Waals surface area (Å²) in [5.74, 6) is -1.32. The third-order valence-electron chi connectivity index (χ3n) is 6.34. The van der Waals surface area contributed by atoms with Gasteiger partial charge in [-0.25, -0.2) is 4.79 Å². The number of nitrogens with zero attached hydrogens (tertiary/aromatic N) is 1. The second-order valence-corrected chi connectivity index (χ2v) is 9.17. The van der Waals surface area contributed by atoms with E-state index in [2.05, 4.69) is 15.9 Å².